The van der Waals surface area contributed by atoms with Crippen LogP contribution in [0, 0.1) is 6.92 Å². The second-order valence-electron chi connectivity index (χ2n) is 3.55. The minimum atomic E-state index is 0.643. The summed E-state index contributed by atoms with van der Waals surface area (Å²) in [4.78, 5) is 4.13. The summed E-state index contributed by atoms with van der Waals surface area (Å²) in [5.41, 5.74) is 2.03. The van der Waals surface area contributed by atoms with Gasteiger partial charge in [-0.05, 0) is 31.5 Å². The van der Waals surface area contributed by atoms with Crippen molar-refractivity contribution in [3.63, 3.8) is 0 Å². The number of aromatic nitrogens is 2. The van der Waals surface area contributed by atoms with Gasteiger partial charge in [0, 0.05) is 18.9 Å². The van der Waals surface area contributed by atoms with Crippen molar-refractivity contribution in [1.82, 2.24) is 9.55 Å². The predicted octanol–water partition coefficient (Wildman–Crippen LogP) is 3.63. The van der Waals surface area contributed by atoms with E-state index >= 15 is 0 Å². The lowest BCUT2D eigenvalue weighted by Crippen LogP contribution is -1.89. The molecule has 0 aliphatic heterocycles. The highest BCUT2D eigenvalue weighted by Gasteiger charge is 1.97. The zero-order valence-electron chi connectivity index (χ0n) is 9.46. The quantitative estimate of drug-likeness (QED) is 0.719. The number of hydrogen-bond acceptors (Lipinski definition) is 3. The number of benzene rings is 1. The Morgan fingerprint density at radius 3 is 2.94 bits per heavy atom. The third kappa shape index (κ3) is 2.34. The van der Waals surface area contributed by atoms with Gasteiger partial charge < -0.3 is 4.57 Å². The molecule has 0 spiro atoms. The lowest BCUT2D eigenvalue weighted by Gasteiger charge is -1.97. The summed E-state index contributed by atoms with van der Waals surface area (Å²) in [5, 5.41) is 8.29. The van der Waals surface area contributed by atoms with Gasteiger partial charge in [0.15, 0.2) is 0 Å². The highest BCUT2D eigenvalue weighted by Crippen LogP contribution is 2.17. The molecule has 4 heteroatoms. The van der Waals surface area contributed by atoms with Crippen LogP contribution in [0.1, 0.15) is 12.5 Å². The molecule has 0 saturated carbocycles. The number of rotatable bonds is 3. The molecule has 16 heavy (non-hydrogen) atoms. The summed E-state index contributed by atoms with van der Waals surface area (Å²) < 4.78 is 1.94. The SMILES string of the molecule is CCn1ccnc1N=Nc1cccc(C)c1. The first-order valence-corrected chi connectivity index (χ1v) is 5.29. The lowest BCUT2D eigenvalue weighted by molar-refractivity contribution is 0.758. The number of nitrogens with zero attached hydrogens (tertiary/aromatic N) is 4. The molecule has 1 aromatic carbocycles. The minimum absolute atomic E-state index is 0.643. The van der Waals surface area contributed by atoms with E-state index in [1.165, 1.54) is 5.56 Å². The lowest BCUT2D eigenvalue weighted by atomic mass is 10.2. The van der Waals surface area contributed by atoms with E-state index < -0.39 is 0 Å². The molecule has 0 aliphatic carbocycles. The zero-order valence-corrected chi connectivity index (χ0v) is 9.46. The van der Waals surface area contributed by atoms with Crippen molar-refractivity contribution in [2.24, 2.45) is 10.2 Å². The largest absolute Gasteiger partial charge is 0.315 e. The highest BCUT2D eigenvalue weighted by atomic mass is 15.3. The molecule has 0 amide bonds. The topological polar surface area (TPSA) is 42.5 Å². The van der Waals surface area contributed by atoms with Crippen molar-refractivity contribution in [3.05, 3.63) is 42.2 Å². The molecular formula is C12H14N4. The predicted molar refractivity (Wildman–Crippen MR) is 63.3 cm³/mol. The van der Waals surface area contributed by atoms with Gasteiger partial charge in [0.1, 0.15) is 0 Å². The molecule has 0 unspecified atom stereocenters. The van der Waals surface area contributed by atoms with Crippen molar-refractivity contribution in [3.8, 4) is 0 Å². The Balaban J connectivity index is 2.21. The van der Waals surface area contributed by atoms with Crippen LogP contribution >= 0.6 is 0 Å². The van der Waals surface area contributed by atoms with Crippen LogP contribution in [0.2, 0.25) is 0 Å². The van der Waals surface area contributed by atoms with Gasteiger partial charge in [0.05, 0.1) is 5.69 Å². The van der Waals surface area contributed by atoms with Crippen LogP contribution in [0.4, 0.5) is 11.6 Å². The Kier molecular flexibility index (Phi) is 3.10. The van der Waals surface area contributed by atoms with Crippen LogP contribution in [-0.2, 0) is 6.54 Å². The standard InChI is InChI=1S/C12H14N4/c1-3-16-8-7-13-12(16)15-14-11-6-4-5-10(2)9-11/h4-9H,3H2,1-2H3. The molecule has 0 atom stereocenters. The van der Waals surface area contributed by atoms with Crippen LogP contribution in [0.5, 0.6) is 0 Å². The zero-order chi connectivity index (χ0) is 11.4. The first-order valence-electron chi connectivity index (χ1n) is 5.29. The molecular weight excluding hydrogens is 200 g/mol. The molecule has 0 N–H and O–H groups in total. The van der Waals surface area contributed by atoms with E-state index in [9.17, 15) is 0 Å². The number of hydrogen-bond donors (Lipinski definition) is 0. The van der Waals surface area contributed by atoms with Gasteiger partial charge in [0.2, 0.25) is 5.95 Å². The molecule has 82 valence electrons. The van der Waals surface area contributed by atoms with Crippen molar-refractivity contribution < 1.29 is 0 Å². The van der Waals surface area contributed by atoms with Gasteiger partial charge >= 0.3 is 0 Å². The summed E-state index contributed by atoms with van der Waals surface area (Å²) in [6, 6.07) is 7.92. The average molecular weight is 214 g/mol. The van der Waals surface area contributed by atoms with Crippen LogP contribution in [0.25, 0.3) is 0 Å². The second-order valence-corrected chi connectivity index (χ2v) is 3.55. The Morgan fingerprint density at radius 2 is 2.19 bits per heavy atom. The smallest absolute Gasteiger partial charge is 0.249 e. The fraction of sp³-hybridized carbons (Fsp3) is 0.250. The van der Waals surface area contributed by atoms with Gasteiger partial charge in [-0.3, -0.25) is 0 Å². The van der Waals surface area contributed by atoms with E-state index in [4.69, 9.17) is 0 Å². The van der Waals surface area contributed by atoms with E-state index in [1.54, 1.807) is 6.20 Å². The van der Waals surface area contributed by atoms with E-state index in [1.807, 2.05) is 48.9 Å². The maximum Gasteiger partial charge on any atom is 0.249 e. The summed E-state index contributed by atoms with van der Waals surface area (Å²) >= 11 is 0. The van der Waals surface area contributed by atoms with Gasteiger partial charge in [-0.25, -0.2) is 4.98 Å². The number of aryl methyl sites for hydroxylation is 2. The third-order valence-corrected chi connectivity index (χ3v) is 2.29. The van der Waals surface area contributed by atoms with Crippen LogP contribution in [0.3, 0.4) is 0 Å². The Bertz CT molecular complexity index is 499. The van der Waals surface area contributed by atoms with E-state index in [0.717, 1.165) is 12.2 Å². The highest BCUT2D eigenvalue weighted by molar-refractivity contribution is 5.39. The number of imidazole rings is 1. The molecule has 1 aromatic heterocycles. The molecule has 0 bridgehead atoms. The molecule has 2 aromatic rings. The summed E-state index contributed by atoms with van der Waals surface area (Å²) in [6.45, 7) is 4.93. The average Bonchev–Trinajstić information content (AvgIpc) is 2.74. The molecule has 2 rings (SSSR count). The van der Waals surface area contributed by atoms with Crippen LogP contribution in [0.15, 0.2) is 46.9 Å². The first kappa shape index (κ1) is 10.5. The maximum atomic E-state index is 4.16. The third-order valence-electron chi connectivity index (χ3n) is 2.29. The van der Waals surface area contributed by atoms with Gasteiger partial charge in [-0.15, -0.1) is 10.2 Å². The monoisotopic (exact) mass is 214 g/mol. The normalized spacial score (nSPS) is 11.1. The van der Waals surface area contributed by atoms with E-state index in [2.05, 4.69) is 15.2 Å². The molecule has 0 fully saturated rings. The molecule has 4 nitrogen and oxygen atoms in total. The van der Waals surface area contributed by atoms with Gasteiger partial charge in [-0.2, -0.15) is 0 Å². The van der Waals surface area contributed by atoms with Crippen molar-refractivity contribution in [2.45, 2.75) is 20.4 Å². The maximum absolute atomic E-state index is 4.16. The van der Waals surface area contributed by atoms with Gasteiger partial charge in [-0.1, -0.05) is 12.1 Å². The van der Waals surface area contributed by atoms with Crippen LogP contribution in [-0.4, -0.2) is 9.55 Å². The summed E-state index contributed by atoms with van der Waals surface area (Å²) in [6.07, 6.45) is 3.62. The van der Waals surface area contributed by atoms with Crippen molar-refractivity contribution in [2.75, 3.05) is 0 Å². The van der Waals surface area contributed by atoms with Crippen molar-refractivity contribution in [1.29, 1.82) is 0 Å². The Hall–Kier alpha value is -1.97. The Morgan fingerprint density at radius 1 is 1.31 bits per heavy atom. The van der Waals surface area contributed by atoms with E-state index in [-0.39, 0.29) is 0 Å². The molecule has 0 radical (unpaired) electrons. The second kappa shape index (κ2) is 4.70. The Labute approximate surface area is 94.7 Å². The van der Waals surface area contributed by atoms with Gasteiger partial charge in [0.25, 0.3) is 0 Å². The molecule has 0 aliphatic rings. The molecule has 0 saturated heterocycles. The molecule has 1 heterocycles. The van der Waals surface area contributed by atoms with Crippen LogP contribution < -0.4 is 0 Å². The number of azo groups is 1. The fourth-order valence-electron chi connectivity index (χ4n) is 1.44. The fourth-order valence-corrected chi connectivity index (χ4v) is 1.44. The first-order chi connectivity index (χ1) is 7.79. The summed E-state index contributed by atoms with van der Waals surface area (Å²) in [7, 11) is 0. The minimum Gasteiger partial charge on any atom is -0.315 e. The van der Waals surface area contributed by atoms with E-state index in [0.29, 0.717) is 5.95 Å². The van der Waals surface area contributed by atoms with Crippen molar-refractivity contribution >= 4 is 11.6 Å². The summed E-state index contributed by atoms with van der Waals surface area (Å²) in [5.74, 6) is 0.643.